The molecule has 1 amide bonds. The molecule has 0 radical (unpaired) electrons. The summed E-state index contributed by atoms with van der Waals surface area (Å²) in [5, 5.41) is 7.43. The molecule has 2 aromatic carbocycles. The summed E-state index contributed by atoms with van der Waals surface area (Å²) < 4.78 is 43.1. The Labute approximate surface area is 178 Å². The number of carbonyl (C=O) groups excluding carboxylic acids is 1. The fourth-order valence-electron chi connectivity index (χ4n) is 3.25. The van der Waals surface area contributed by atoms with Crippen LogP contribution < -0.4 is 10.1 Å². The minimum Gasteiger partial charge on any atom is -0.484 e. The normalized spacial score (nSPS) is 11.4. The largest absolute Gasteiger partial charge is 0.484 e. The number of nitrogens with zero attached hydrogens (tertiary/aromatic N) is 2. The van der Waals surface area contributed by atoms with Crippen LogP contribution in [-0.2, 0) is 17.8 Å². The summed E-state index contributed by atoms with van der Waals surface area (Å²) in [4.78, 5) is 12.3. The van der Waals surface area contributed by atoms with E-state index in [0.29, 0.717) is 19.4 Å². The van der Waals surface area contributed by atoms with Crippen LogP contribution in [0.4, 0.5) is 13.2 Å². The average molecular weight is 431 g/mol. The van der Waals surface area contributed by atoms with Crippen molar-refractivity contribution in [1.82, 2.24) is 15.1 Å². The van der Waals surface area contributed by atoms with Gasteiger partial charge in [0.05, 0.1) is 11.4 Å². The number of nitrogens with one attached hydrogen (secondary N) is 1. The van der Waals surface area contributed by atoms with Crippen LogP contribution >= 0.6 is 0 Å². The highest BCUT2D eigenvalue weighted by Crippen LogP contribution is 2.20. The number of hydrogen-bond acceptors (Lipinski definition) is 3. The first kappa shape index (κ1) is 22.4. The summed E-state index contributed by atoms with van der Waals surface area (Å²) in [6, 6.07) is 16.0. The molecule has 1 aromatic heterocycles. The first-order valence-corrected chi connectivity index (χ1v) is 9.88. The molecule has 8 heteroatoms. The molecule has 0 spiro atoms. The van der Waals surface area contributed by atoms with Crippen molar-refractivity contribution < 1.29 is 22.7 Å². The zero-order chi connectivity index (χ0) is 22.4. The maximum atomic E-state index is 12.3. The average Bonchev–Trinajstić information content (AvgIpc) is 3.03. The van der Waals surface area contributed by atoms with Crippen LogP contribution in [0.3, 0.4) is 0 Å². The summed E-state index contributed by atoms with van der Waals surface area (Å²) in [5.74, 6) is 0.0254. The molecule has 0 bridgehead atoms. The number of benzene rings is 2. The number of aryl methyl sites for hydroxylation is 1. The van der Waals surface area contributed by atoms with E-state index in [1.807, 2.05) is 48.9 Å². The predicted octanol–water partition coefficient (Wildman–Crippen LogP) is 4.68. The second-order valence-electron chi connectivity index (χ2n) is 7.22. The SMILES string of the molecule is Cc1nn(-c2ccccc2)c(C)c1CCC(=O)NCc1ccc(OCC(F)(F)F)cc1. The highest BCUT2D eigenvalue weighted by Gasteiger charge is 2.28. The van der Waals surface area contributed by atoms with Crippen molar-refractivity contribution in [1.29, 1.82) is 0 Å². The highest BCUT2D eigenvalue weighted by molar-refractivity contribution is 5.76. The molecule has 3 aromatic rings. The molecule has 164 valence electrons. The van der Waals surface area contributed by atoms with Crippen molar-refractivity contribution in [3.63, 3.8) is 0 Å². The number of aromatic nitrogens is 2. The van der Waals surface area contributed by atoms with Crippen molar-refractivity contribution >= 4 is 5.91 Å². The van der Waals surface area contributed by atoms with Crippen LogP contribution in [0.15, 0.2) is 54.6 Å². The van der Waals surface area contributed by atoms with E-state index >= 15 is 0 Å². The Hall–Kier alpha value is -3.29. The van der Waals surface area contributed by atoms with Gasteiger partial charge in [0.1, 0.15) is 5.75 Å². The molecule has 0 aliphatic carbocycles. The zero-order valence-corrected chi connectivity index (χ0v) is 17.4. The van der Waals surface area contributed by atoms with E-state index in [2.05, 4.69) is 15.2 Å². The number of para-hydroxylation sites is 1. The standard InChI is InChI=1S/C23H24F3N3O2/c1-16-21(17(2)29(28-16)19-6-4-3-5-7-19)12-13-22(30)27-14-18-8-10-20(11-9-18)31-15-23(24,25)26/h3-11H,12-15H2,1-2H3,(H,27,30). The number of alkyl halides is 3. The summed E-state index contributed by atoms with van der Waals surface area (Å²) in [5.41, 5.74) is 4.69. The van der Waals surface area contributed by atoms with E-state index in [1.165, 1.54) is 12.1 Å². The molecule has 0 saturated heterocycles. The lowest BCUT2D eigenvalue weighted by atomic mass is 10.1. The van der Waals surface area contributed by atoms with Gasteiger partial charge in [-0.3, -0.25) is 4.79 Å². The van der Waals surface area contributed by atoms with Gasteiger partial charge in [-0.25, -0.2) is 4.68 Å². The topological polar surface area (TPSA) is 56.2 Å². The van der Waals surface area contributed by atoms with Crippen molar-refractivity contribution in [2.45, 2.75) is 39.4 Å². The highest BCUT2D eigenvalue weighted by atomic mass is 19.4. The maximum absolute atomic E-state index is 12.3. The van der Waals surface area contributed by atoms with E-state index in [9.17, 15) is 18.0 Å². The van der Waals surface area contributed by atoms with Gasteiger partial charge in [-0.2, -0.15) is 18.3 Å². The zero-order valence-electron chi connectivity index (χ0n) is 17.4. The molecule has 0 unspecified atom stereocenters. The molecular weight excluding hydrogens is 407 g/mol. The minimum absolute atomic E-state index is 0.108. The van der Waals surface area contributed by atoms with Crippen molar-refractivity contribution in [3.05, 3.63) is 77.1 Å². The Bertz CT molecular complexity index is 1010. The summed E-state index contributed by atoms with van der Waals surface area (Å²) >= 11 is 0. The Morgan fingerprint density at radius 3 is 2.39 bits per heavy atom. The number of ether oxygens (including phenoxy) is 1. The van der Waals surface area contributed by atoms with Crippen molar-refractivity contribution in [3.8, 4) is 11.4 Å². The molecule has 0 aliphatic rings. The smallest absolute Gasteiger partial charge is 0.422 e. The molecule has 1 N–H and O–H groups in total. The third-order valence-electron chi connectivity index (χ3n) is 4.86. The molecule has 0 atom stereocenters. The second-order valence-corrected chi connectivity index (χ2v) is 7.22. The van der Waals surface area contributed by atoms with Gasteiger partial charge in [0.2, 0.25) is 5.91 Å². The molecule has 3 rings (SSSR count). The number of hydrogen-bond donors (Lipinski definition) is 1. The Morgan fingerprint density at radius 2 is 1.74 bits per heavy atom. The fraction of sp³-hybridized carbons (Fsp3) is 0.304. The lowest BCUT2D eigenvalue weighted by molar-refractivity contribution is -0.153. The van der Waals surface area contributed by atoms with E-state index in [4.69, 9.17) is 0 Å². The van der Waals surface area contributed by atoms with E-state index in [0.717, 1.165) is 28.2 Å². The molecular formula is C23H24F3N3O2. The van der Waals surface area contributed by atoms with E-state index in [-0.39, 0.29) is 11.7 Å². The second kappa shape index (κ2) is 9.68. The minimum atomic E-state index is -4.37. The lowest BCUT2D eigenvalue weighted by Gasteiger charge is -2.10. The van der Waals surface area contributed by atoms with Gasteiger partial charge >= 0.3 is 6.18 Å². The third-order valence-corrected chi connectivity index (χ3v) is 4.86. The van der Waals surface area contributed by atoms with Gasteiger partial charge in [-0.1, -0.05) is 30.3 Å². The molecule has 1 heterocycles. The number of rotatable bonds is 8. The Kier molecular flexibility index (Phi) is 6.99. The van der Waals surface area contributed by atoms with Gasteiger partial charge in [-0.05, 0) is 55.7 Å². The summed E-state index contributed by atoms with van der Waals surface area (Å²) in [6.45, 7) is 2.88. The summed E-state index contributed by atoms with van der Waals surface area (Å²) in [7, 11) is 0. The molecule has 0 fully saturated rings. The molecule has 0 aliphatic heterocycles. The maximum Gasteiger partial charge on any atom is 0.422 e. The quantitative estimate of drug-likeness (QED) is 0.564. The van der Waals surface area contributed by atoms with Crippen LogP contribution in [0.25, 0.3) is 5.69 Å². The van der Waals surface area contributed by atoms with Crippen LogP contribution in [-0.4, -0.2) is 28.5 Å². The molecule has 31 heavy (non-hydrogen) atoms. The number of halogens is 3. The Balaban J connectivity index is 1.50. The first-order chi connectivity index (χ1) is 14.7. The third kappa shape index (κ3) is 6.34. The number of amides is 1. The van der Waals surface area contributed by atoms with Crippen LogP contribution in [0.5, 0.6) is 5.75 Å². The monoisotopic (exact) mass is 431 g/mol. The molecule has 5 nitrogen and oxygen atoms in total. The first-order valence-electron chi connectivity index (χ1n) is 9.88. The molecule has 0 saturated carbocycles. The van der Waals surface area contributed by atoms with Crippen LogP contribution in [0.2, 0.25) is 0 Å². The van der Waals surface area contributed by atoms with E-state index < -0.39 is 12.8 Å². The lowest BCUT2D eigenvalue weighted by Crippen LogP contribution is -2.23. The number of carbonyl (C=O) groups is 1. The predicted molar refractivity (Wildman–Crippen MR) is 111 cm³/mol. The fourth-order valence-corrected chi connectivity index (χ4v) is 3.25. The van der Waals surface area contributed by atoms with Crippen molar-refractivity contribution in [2.24, 2.45) is 0 Å². The van der Waals surface area contributed by atoms with Crippen LogP contribution in [0, 0.1) is 13.8 Å². The van der Waals surface area contributed by atoms with Gasteiger partial charge in [0, 0.05) is 18.7 Å². The van der Waals surface area contributed by atoms with Gasteiger partial charge in [-0.15, -0.1) is 0 Å². The van der Waals surface area contributed by atoms with Gasteiger partial charge in [0.25, 0.3) is 0 Å². The summed E-state index contributed by atoms with van der Waals surface area (Å²) in [6.07, 6.45) is -3.49. The van der Waals surface area contributed by atoms with E-state index in [1.54, 1.807) is 12.1 Å². The van der Waals surface area contributed by atoms with Gasteiger partial charge in [0.15, 0.2) is 6.61 Å². The van der Waals surface area contributed by atoms with Crippen molar-refractivity contribution in [2.75, 3.05) is 6.61 Å². The van der Waals surface area contributed by atoms with Gasteiger partial charge < -0.3 is 10.1 Å². The Morgan fingerprint density at radius 1 is 1.06 bits per heavy atom. The van der Waals surface area contributed by atoms with Crippen LogP contribution in [0.1, 0.15) is 28.9 Å².